The van der Waals surface area contributed by atoms with E-state index in [4.69, 9.17) is 23.2 Å². The summed E-state index contributed by atoms with van der Waals surface area (Å²) >= 11 is 12.2. The Morgan fingerprint density at radius 1 is 0.583 bits per heavy atom. The predicted molar refractivity (Wildman–Crippen MR) is 143 cm³/mol. The number of rotatable bonds is 10. The number of benzene rings is 4. The Balaban J connectivity index is 1.63. The summed E-state index contributed by atoms with van der Waals surface area (Å²) in [6.45, 7) is 0.597. The minimum Gasteiger partial charge on any atom is -0.384 e. The molecule has 2 atom stereocenters. The van der Waals surface area contributed by atoms with Crippen LogP contribution >= 0.6 is 23.2 Å². The molecule has 184 valence electrons. The number of Topliss-reactive ketones (excluding diaryl/α,β-unsaturated/α-hetero) is 1. The highest BCUT2D eigenvalue weighted by atomic mass is 35.5. The molecular weight excluding hydrogens is 501 g/mol. The van der Waals surface area contributed by atoms with Gasteiger partial charge in [0.15, 0.2) is 5.78 Å². The second kappa shape index (κ2) is 12.0. The third-order valence-electron chi connectivity index (χ3n) is 5.94. The van der Waals surface area contributed by atoms with Gasteiger partial charge in [-0.1, -0.05) is 47.5 Å². The first kappa shape index (κ1) is 25.7. The maximum atomic E-state index is 14.1. The molecule has 3 nitrogen and oxygen atoms in total. The Labute approximate surface area is 219 Å². The largest absolute Gasteiger partial charge is 0.384 e. The van der Waals surface area contributed by atoms with Crippen LogP contribution in [-0.2, 0) is 4.79 Å². The highest BCUT2D eigenvalue weighted by molar-refractivity contribution is 6.30. The molecule has 4 aromatic carbocycles. The van der Waals surface area contributed by atoms with Crippen molar-refractivity contribution in [1.29, 1.82) is 0 Å². The molecular formula is C29H24Cl2F2N2O. The van der Waals surface area contributed by atoms with Gasteiger partial charge in [-0.05, 0) is 83.9 Å². The standard InChI is InChI=1S/C29H24Cl2F2N2O/c30-21-5-1-19(2-6-21)27(17-34-25-13-9-23(32)10-14-25)29(36)28(20-3-7-22(31)8-4-20)18-35-26-15-11-24(33)12-16-26/h1-16,27-28,34-35H,17-18H2. The van der Waals surface area contributed by atoms with E-state index in [1.807, 2.05) is 24.3 Å². The van der Waals surface area contributed by atoms with E-state index in [-0.39, 0.29) is 17.4 Å². The van der Waals surface area contributed by atoms with Crippen LogP contribution in [0.2, 0.25) is 10.0 Å². The van der Waals surface area contributed by atoms with Gasteiger partial charge in [-0.25, -0.2) is 8.78 Å². The number of carbonyl (C=O) groups excluding carboxylic acids is 1. The maximum absolute atomic E-state index is 14.1. The van der Waals surface area contributed by atoms with Crippen molar-refractivity contribution in [1.82, 2.24) is 0 Å². The molecule has 0 fully saturated rings. The van der Waals surface area contributed by atoms with Gasteiger partial charge in [-0.2, -0.15) is 0 Å². The van der Waals surface area contributed by atoms with Crippen molar-refractivity contribution in [2.24, 2.45) is 0 Å². The van der Waals surface area contributed by atoms with E-state index in [2.05, 4.69) is 10.6 Å². The minimum atomic E-state index is -0.525. The van der Waals surface area contributed by atoms with E-state index in [9.17, 15) is 13.6 Å². The van der Waals surface area contributed by atoms with Gasteiger partial charge in [0.05, 0.1) is 11.8 Å². The fraction of sp³-hybridized carbons (Fsp3) is 0.138. The Kier molecular flexibility index (Phi) is 8.57. The molecule has 0 aliphatic carbocycles. The summed E-state index contributed by atoms with van der Waals surface area (Å²) in [6, 6.07) is 26.3. The third kappa shape index (κ3) is 6.84. The van der Waals surface area contributed by atoms with Crippen LogP contribution in [0.5, 0.6) is 0 Å². The summed E-state index contributed by atoms with van der Waals surface area (Å²) in [7, 11) is 0. The van der Waals surface area contributed by atoms with Gasteiger partial charge in [0.25, 0.3) is 0 Å². The average molecular weight is 525 g/mol. The summed E-state index contributed by atoms with van der Waals surface area (Å²) in [6.07, 6.45) is 0. The zero-order chi connectivity index (χ0) is 25.5. The van der Waals surface area contributed by atoms with Gasteiger partial charge in [0.1, 0.15) is 11.6 Å². The molecule has 4 aromatic rings. The van der Waals surface area contributed by atoms with Crippen LogP contribution in [-0.4, -0.2) is 18.9 Å². The monoisotopic (exact) mass is 524 g/mol. The fourth-order valence-corrected chi connectivity index (χ4v) is 4.23. The average Bonchev–Trinajstić information content (AvgIpc) is 2.88. The smallest absolute Gasteiger partial charge is 0.151 e. The number of ketones is 1. The third-order valence-corrected chi connectivity index (χ3v) is 6.44. The molecule has 0 aromatic heterocycles. The minimum absolute atomic E-state index is 0.0242. The summed E-state index contributed by atoms with van der Waals surface area (Å²) in [4.78, 5) is 14.1. The first-order chi connectivity index (χ1) is 17.4. The normalized spacial score (nSPS) is 12.6. The van der Waals surface area contributed by atoms with Gasteiger partial charge in [-0.15, -0.1) is 0 Å². The van der Waals surface area contributed by atoms with Crippen LogP contribution in [0.4, 0.5) is 20.2 Å². The molecule has 0 amide bonds. The van der Waals surface area contributed by atoms with Crippen molar-refractivity contribution >= 4 is 40.4 Å². The van der Waals surface area contributed by atoms with Crippen molar-refractivity contribution in [3.63, 3.8) is 0 Å². The van der Waals surface area contributed by atoms with Gasteiger partial charge in [0.2, 0.25) is 0 Å². The van der Waals surface area contributed by atoms with Crippen molar-refractivity contribution in [3.05, 3.63) is 130 Å². The van der Waals surface area contributed by atoms with Crippen LogP contribution in [0.15, 0.2) is 97.1 Å². The Bertz CT molecular complexity index is 1180. The Morgan fingerprint density at radius 2 is 0.917 bits per heavy atom. The molecule has 7 heteroatoms. The molecule has 0 spiro atoms. The van der Waals surface area contributed by atoms with Crippen molar-refractivity contribution in [2.45, 2.75) is 11.8 Å². The molecule has 0 aliphatic rings. The van der Waals surface area contributed by atoms with E-state index < -0.39 is 11.8 Å². The Morgan fingerprint density at radius 3 is 1.25 bits per heavy atom. The summed E-state index contributed by atoms with van der Waals surface area (Å²) in [5.74, 6) is -1.74. The second-order valence-electron chi connectivity index (χ2n) is 8.39. The van der Waals surface area contributed by atoms with Crippen LogP contribution in [0.1, 0.15) is 23.0 Å². The topological polar surface area (TPSA) is 41.1 Å². The molecule has 36 heavy (non-hydrogen) atoms. The van der Waals surface area contributed by atoms with Gasteiger partial charge < -0.3 is 10.6 Å². The van der Waals surface area contributed by atoms with Crippen molar-refractivity contribution in [3.8, 4) is 0 Å². The lowest BCUT2D eigenvalue weighted by Gasteiger charge is -2.25. The molecule has 0 saturated carbocycles. The number of hydrogen-bond donors (Lipinski definition) is 2. The lowest BCUT2D eigenvalue weighted by atomic mass is 9.83. The highest BCUT2D eigenvalue weighted by Gasteiger charge is 2.29. The summed E-state index contributed by atoms with van der Waals surface area (Å²) < 4.78 is 26.7. The number of nitrogens with one attached hydrogen (secondary N) is 2. The lowest BCUT2D eigenvalue weighted by Crippen LogP contribution is -2.30. The van der Waals surface area contributed by atoms with Crippen LogP contribution in [0.3, 0.4) is 0 Å². The van der Waals surface area contributed by atoms with Crippen LogP contribution < -0.4 is 10.6 Å². The molecule has 0 aliphatic heterocycles. The second-order valence-corrected chi connectivity index (χ2v) is 9.26. The first-order valence-electron chi connectivity index (χ1n) is 11.4. The predicted octanol–water partition coefficient (Wildman–Crippen LogP) is 7.93. The Hall–Kier alpha value is -3.41. The van der Waals surface area contributed by atoms with E-state index in [1.165, 1.54) is 24.3 Å². The summed E-state index contributed by atoms with van der Waals surface area (Å²) in [5, 5.41) is 7.66. The van der Waals surface area contributed by atoms with E-state index >= 15 is 0 Å². The van der Waals surface area contributed by atoms with Gasteiger partial charge in [-0.3, -0.25) is 4.79 Å². The summed E-state index contributed by atoms with van der Waals surface area (Å²) in [5.41, 5.74) is 3.02. The number of halogens is 4. The number of hydrogen-bond acceptors (Lipinski definition) is 3. The molecule has 2 unspecified atom stereocenters. The molecule has 0 heterocycles. The highest BCUT2D eigenvalue weighted by Crippen LogP contribution is 2.30. The van der Waals surface area contributed by atoms with E-state index in [1.54, 1.807) is 48.5 Å². The molecule has 2 N–H and O–H groups in total. The fourth-order valence-electron chi connectivity index (χ4n) is 3.97. The maximum Gasteiger partial charge on any atom is 0.151 e. The van der Waals surface area contributed by atoms with E-state index in [0.29, 0.717) is 34.5 Å². The molecule has 0 bridgehead atoms. The van der Waals surface area contributed by atoms with E-state index in [0.717, 1.165) is 11.1 Å². The zero-order valence-corrected chi connectivity index (χ0v) is 20.7. The first-order valence-corrected chi connectivity index (χ1v) is 12.2. The molecule has 0 saturated heterocycles. The number of carbonyl (C=O) groups is 1. The van der Waals surface area contributed by atoms with Gasteiger partial charge in [0, 0.05) is 34.5 Å². The quantitative estimate of drug-likeness (QED) is 0.221. The van der Waals surface area contributed by atoms with Gasteiger partial charge >= 0.3 is 0 Å². The zero-order valence-electron chi connectivity index (χ0n) is 19.2. The number of anilines is 2. The lowest BCUT2D eigenvalue weighted by molar-refractivity contribution is -0.121. The molecule has 4 rings (SSSR count). The molecule has 0 radical (unpaired) electrons. The van der Waals surface area contributed by atoms with Crippen molar-refractivity contribution < 1.29 is 13.6 Å². The van der Waals surface area contributed by atoms with Crippen LogP contribution in [0.25, 0.3) is 0 Å². The SMILES string of the molecule is O=C(C(CNc1ccc(F)cc1)c1ccc(Cl)cc1)C(CNc1ccc(F)cc1)c1ccc(Cl)cc1. The van der Waals surface area contributed by atoms with Crippen LogP contribution in [0, 0.1) is 11.6 Å². The van der Waals surface area contributed by atoms with Crippen molar-refractivity contribution in [2.75, 3.05) is 23.7 Å².